The third-order valence-corrected chi connectivity index (χ3v) is 2.68. The molecule has 0 bridgehead atoms. The Labute approximate surface area is 107 Å². The van der Waals surface area contributed by atoms with Crippen LogP contribution < -0.4 is 5.32 Å². The van der Waals surface area contributed by atoms with Crippen LogP contribution in [0.1, 0.15) is 6.92 Å². The van der Waals surface area contributed by atoms with Crippen LogP contribution in [0.15, 0.2) is 30.6 Å². The predicted molar refractivity (Wildman–Crippen MR) is 71.4 cm³/mol. The van der Waals surface area contributed by atoms with Gasteiger partial charge >= 0.3 is 0 Å². The van der Waals surface area contributed by atoms with Crippen molar-refractivity contribution in [1.82, 2.24) is 14.8 Å². The van der Waals surface area contributed by atoms with Gasteiger partial charge in [-0.1, -0.05) is 0 Å². The topological polar surface area (TPSA) is 52.0 Å². The summed E-state index contributed by atoms with van der Waals surface area (Å²) in [6, 6.07) is 8.43. The molecule has 0 amide bonds. The Hall–Kier alpha value is -1.88. The van der Waals surface area contributed by atoms with Gasteiger partial charge in [0.15, 0.2) is 5.82 Å². The predicted octanol–water partition coefficient (Wildman–Crippen LogP) is 1.93. The average molecular weight is 246 g/mol. The number of hydrogen-bond donors (Lipinski definition) is 1. The number of anilines is 1. The van der Waals surface area contributed by atoms with Crippen molar-refractivity contribution in [1.29, 1.82) is 0 Å². The van der Waals surface area contributed by atoms with Crippen molar-refractivity contribution in [3.05, 3.63) is 30.6 Å². The van der Waals surface area contributed by atoms with E-state index < -0.39 is 0 Å². The van der Waals surface area contributed by atoms with E-state index in [0.717, 1.165) is 17.1 Å². The van der Waals surface area contributed by atoms with E-state index in [1.807, 2.05) is 35.9 Å². The Morgan fingerprint density at radius 3 is 2.61 bits per heavy atom. The minimum atomic E-state index is 0.288. The number of hydrogen-bond acceptors (Lipinski definition) is 4. The summed E-state index contributed by atoms with van der Waals surface area (Å²) < 4.78 is 6.99. The van der Waals surface area contributed by atoms with Crippen molar-refractivity contribution in [2.75, 3.05) is 19.0 Å². The van der Waals surface area contributed by atoms with Crippen LogP contribution in [-0.4, -0.2) is 34.5 Å². The Morgan fingerprint density at radius 2 is 2.06 bits per heavy atom. The second-order valence-electron chi connectivity index (χ2n) is 4.34. The molecule has 1 heterocycles. The molecule has 5 heteroatoms. The highest BCUT2D eigenvalue weighted by Gasteiger charge is 2.05. The van der Waals surface area contributed by atoms with Crippen molar-refractivity contribution in [3.63, 3.8) is 0 Å². The molecule has 0 aliphatic carbocycles. The third-order valence-electron chi connectivity index (χ3n) is 2.68. The highest BCUT2D eigenvalue weighted by Crippen LogP contribution is 2.18. The van der Waals surface area contributed by atoms with E-state index in [1.165, 1.54) is 0 Å². The van der Waals surface area contributed by atoms with Gasteiger partial charge < -0.3 is 14.6 Å². The number of rotatable bonds is 5. The zero-order valence-corrected chi connectivity index (χ0v) is 10.9. The first-order valence-electron chi connectivity index (χ1n) is 5.90. The molecule has 0 aliphatic rings. The molecule has 1 N–H and O–H groups in total. The Morgan fingerprint density at radius 1 is 1.33 bits per heavy atom. The molecule has 5 nitrogen and oxygen atoms in total. The van der Waals surface area contributed by atoms with E-state index in [0.29, 0.717) is 6.61 Å². The fourth-order valence-corrected chi connectivity index (χ4v) is 1.84. The van der Waals surface area contributed by atoms with E-state index in [1.54, 1.807) is 13.4 Å². The lowest BCUT2D eigenvalue weighted by atomic mass is 10.2. The number of nitrogens with one attached hydrogen (secondary N) is 1. The number of aromatic nitrogens is 3. The molecule has 96 valence electrons. The molecule has 1 aromatic heterocycles. The maximum atomic E-state index is 5.09. The normalized spacial score (nSPS) is 12.4. The number of methoxy groups -OCH3 is 1. The summed E-state index contributed by atoms with van der Waals surface area (Å²) in [5, 5.41) is 11.3. The Bertz CT molecular complexity index is 492. The lowest BCUT2D eigenvalue weighted by Gasteiger charge is -2.14. The average Bonchev–Trinajstić information content (AvgIpc) is 2.77. The van der Waals surface area contributed by atoms with Crippen LogP contribution in [-0.2, 0) is 11.8 Å². The summed E-state index contributed by atoms with van der Waals surface area (Å²) in [6.45, 7) is 2.77. The van der Waals surface area contributed by atoms with E-state index in [2.05, 4.69) is 22.4 Å². The molecule has 0 saturated heterocycles. The summed E-state index contributed by atoms with van der Waals surface area (Å²) >= 11 is 0. The summed E-state index contributed by atoms with van der Waals surface area (Å²) in [5.41, 5.74) is 2.13. The van der Waals surface area contributed by atoms with Crippen molar-refractivity contribution < 1.29 is 4.74 Å². The van der Waals surface area contributed by atoms with Gasteiger partial charge in [-0.3, -0.25) is 0 Å². The molecule has 0 aliphatic heterocycles. The second-order valence-corrected chi connectivity index (χ2v) is 4.34. The summed E-state index contributed by atoms with van der Waals surface area (Å²) in [7, 11) is 3.64. The number of ether oxygens (including phenoxy) is 1. The van der Waals surface area contributed by atoms with Crippen LogP contribution in [0.25, 0.3) is 11.4 Å². The highest BCUT2D eigenvalue weighted by molar-refractivity contribution is 5.59. The van der Waals surface area contributed by atoms with E-state index in [-0.39, 0.29) is 6.04 Å². The third kappa shape index (κ3) is 2.87. The van der Waals surface area contributed by atoms with Gasteiger partial charge in [-0.25, -0.2) is 0 Å². The molecule has 2 rings (SSSR count). The molecular weight excluding hydrogens is 228 g/mol. The quantitative estimate of drug-likeness (QED) is 0.875. The first kappa shape index (κ1) is 12.6. The minimum Gasteiger partial charge on any atom is -0.383 e. The van der Waals surface area contributed by atoms with Crippen molar-refractivity contribution in [2.45, 2.75) is 13.0 Å². The van der Waals surface area contributed by atoms with Crippen LogP contribution in [0.2, 0.25) is 0 Å². The van der Waals surface area contributed by atoms with Gasteiger partial charge in [0, 0.05) is 31.5 Å². The summed E-state index contributed by atoms with van der Waals surface area (Å²) in [5.74, 6) is 0.867. The van der Waals surface area contributed by atoms with E-state index in [9.17, 15) is 0 Å². The van der Waals surface area contributed by atoms with Gasteiger partial charge in [0.05, 0.1) is 6.61 Å². The Kier molecular flexibility index (Phi) is 3.94. The maximum absolute atomic E-state index is 5.09. The van der Waals surface area contributed by atoms with E-state index >= 15 is 0 Å². The molecule has 1 unspecified atom stereocenters. The second kappa shape index (κ2) is 5.64. The fourth-order valence-electron chi connectivity index (χ4n) is 1.84. The van der Waals surface area contributed by atoms with Gasteiger partial charge in [-0.2, -0.15) is 0 Å². The van der Waals surface area contributed by atoms with E-state index in [4.69, 9.17) is 4.74 Å². The number of nitrogens with zero attached hydrogens (tertiary/aromatic N) is 3. The minimum absolute atomic E-state index is 0.288. The molecule has 1 atom stereocenters. The zero-order chi connectivity index (χ0) is 13.0. The van der Waals surface area contributed by atoms with Gasteiger partial charge in [-0.05, 0) is 31.2 Å². The standard InChI is InChI=1S/C13H18N4O/c1-10(8-18-3)15-12-6-4-11(5-7-12)13-16-14-9-17(13)2/h4-7,9-10,15H,8H2,1-3H3. The van der Waals surface area contributed by atoms with Gasteiger partial charge in [0.1, 0.15) is 6.33 Å². The monoisotopic (exact) mass is 246 g/mol. The first-order valence-corrected chi connectivity index (χ1v) is 5.90. The maximum Gasteiger partial charge on any atom is 0.163 e. The van der Waals surface area contributed by atoms with Gasteiger partial charge in [0.25, 0.3) is 0 Å². The molecular formula is C13H18N4O. The molecule has 0 fully saturated rings. The van der Waals surface area contributed by atoms with Crippen molar-refractivity contribution in [3.8, 4) is 11.4 Å². The Balaban J connectivity index is 2.08. The molecule has 18 heavy (non-hydrogen) atoms. The van der Waals surface area contributed by atoms with Crippen LogP contribution in [0.5, 0.6) is 0 Å². The smallest absolute Gasteiger partial charge is 0.163 e. The van der Waals surface area contributed by atoms with Crippen molar-refractivity contribution >= 4 is 5.69 Å². The summed E-state index contributed by atoms with van der Waals surface area (Å²) in [6.07, 6.45) is 1.70. The highest BCUT2D eigenvalue weighted by atomic mass is 16.5. The van der Waals surface area contributed by atoms with Crippen LogP contribution in [0.4, 0.5) is 5.69 Å². The molecule has 0 radical (unpaired) electrons. The first-order chi connectivity index (χ1) is 8.70. The zero-order valence-electron chi connectivity index (χ0n) is 10.9. The number of benzene rings is 1. The molecule has 1 aromatic carbocycles. The lowest BCUT2D eigenvalue weighted by Crippen LogP contribution is -2.20. The van der Waals surface area contributed by atoms with Crippen LogP contribution >= 0.6 is 0 Å². The fraction of sp³-hybridized carbons (Fsp3) is 0.385. The van der Waals surface area contributed by atoms with Crippen LogP contribution in [0.3, 0.4) is 0 Å². The molecule has 0 spiro atoms. The number of aryl methyl sites for hydroxylation is 1. The van der Waals surface area contributed by atoms with Gasteiger partial charge in [0.2, 0.25) is 0 Å². The molecule has 0 saturated carbocycles. The lowest BCUT2D eigenvalue weighted by molar-refractivity contribution is 0.190. The van der Waals surface area contributed by atoms with Gasteiger partial charge in [-0.15, -0.1) is 10.2 Å². The molecule has 2 aromatic rings. The SMILES string of the molecule is COCC(C)Nc1ccc(-c2nncn2C)cc1. The summed E-state index contributed by atoms with van der Waals surface area (Å²) in [4.78, 5) is 0. The van der Waals surface area contributed by atoms with Crippen molar-refractivity contribution in [2.24, 2.45) is 7.05 Å². The largest absolute Gasteiger partial charge is 0.383 e. The van der Waals surface area contributed by atoms with Crippen LogP contribution in [0, 0.1) is 0 Å².